The lowest BCUT2D eigenvalue weighted by molar-refractivity contribution is -0.136. The molecule has 0 bridgehead atoms. The van der Waals surface area contributed by atoms with Gasteiger partial charge in [-0.15, -0.1) is 0 Å². The lowest BCUT2D eigenvalue weighted by atomic mass is 9.96. The Bertz CT molecular complexity index is 841. The number of carbonyl (C=O) groups excluding carboxylic acids is 1. The van der Waals surface area contributed by atoms with Crippen LogP contribution in [0.2, 0.25) is 0 Å². The van der Waals surface area contributed by atoms with E-state index in [1.807, 2.05) is 11.8 Å². The number of amides is 1. The fraction of sp³-hybridized carbons (Fsp3) is 0.696. The summed E-state index contributed by atoms with van der Waals surface area (Å²) in [7, 11) is -3.55. The summed E-state index contributed by atoms with van der Waals surface area (Å²) in [5, 5.41) is 0. The smallest absolute Gasteiger partial charge is 0.243 e. The van der Waals surface area contributed by atoms with Crippen molar-refractivity contribution in [3.05, 3.63) is 24.3 Å². The van der Waals surface area contributed by atoms with E-state index in [-0.39, 0.29) is 22.3 Å². The van der Waals surface area contributed by atoms with E-state index in [4.69, 9.17) is 4.74 Å². The van der Waals surface area contributed by atoms with Crippen LogP contribution in [0.4, 0.5) is 0 Å². The molecule has 3 rings (SSSR count). The third kappa shape index (κ3) is 5.79. The zero-order chi connectivity index (χ0) is 22.6. The van der Waals surface area contributed by atoms with Gasteiger partial charge in [-0.2, -0.15) is 4.31 Å². The SMILES string of the molecule is CCOc1ccc(S(=O)(=O)N2CCC(C(=O)N3CCCN(C(C)(C)C)CC3)CC2)cc1. The molecule has 174 valence electrons. The summed E-state index contributed by atoms with van der Waals surface area (Å²) in [6.07, 6.45) is 2.14. The van der Waals surface area contributed by atoms with E-state index in [0.717, 1.165) is 32.6 Å². The Balaban J connectivity index is 1.56. The predicted molar refractivity (Wildman–Crippen MR) is 122 cm³/mol. The number of ether oxygens (including phenoxy) is 1. The Labute approximate surface area is 187 Å². The lowest BCUT2D eigenvalue weighted by Crippen LogP contribution is -2.46. The van der Waals surface area contributed by atoms with E-state index in [0.29, 0.717) is 38.3 Å². The summed E-state index contributed by atoms with van der Waals surface area (Å²) in [6, 6.07) is 6.56. The van der Waals surface area contributed by atoms with Gasteiger partial charge in [0.05, 0.1) is 11.5 Å². The first-order chi connectivity index (χ1) is 14.6. The van der Waals surface area contributed by atoms with Gasteiger partial charge in [0.2, 0.25) is 15.9 Å². The van der Waals surface area contributed by atoms with Crippen LogP contribution in [0, 0.1) is 5.92 Å². The molecular formula is C23H37N3O4S. The van der Waals surface area contributed by atoms with Crippen molar-refractivity contribution in [2.24, 2.45) is 5.92 Å². The summed E-state index contributed by atoms with van der Waals surface area (Å²) >= 11 is 0. The van der Waals surface area contributed by atoms with Gasteiger partial charge in [-0.25, -0.2) is 8.42 Å². The average Bonchev–Trinajstić information content (AvgIpc) is 3.00. The first kappa shape index (κ1) is 24.0. The highest BCUT2D eigenvalue weighted by molar-refractivity contribution is 7.89. The average molecular weight is 452 g/mol. The van der Waals surface area contributed by atoms with Crippen LogP contribution >= 0.6 is 0 Å². The largest absolute Gasteiger partial charge is 0.494 e. The molecule has 0 atom stereocenters. The summed E-state index contributed by atoms with van der Waals surface area (Å²) in [6.45, 7) is 13.3. The number of rotatable bonds is 5. The lowest BCUT2D eigenvalue weighted by Gasteiger charge is -2.35. The second kappa shape index (κ2) is 9.88. The first-order valence-corrected chi connectivity index (χ1v) is 12.8. The first-order valence-electron chi connectivity index (χ1n) is 11.4. The second-order valence-electron chi connectivity index (χ2n) is 9.42. The fourth-order valence-electron chi connectivity index (χ4n) is 4.43. The predicted octanol–water partition coefficient (Wildman–Crippen LogP) is 2.82. The van der Waals surface area contributed by atoms with Crippen molar-refractivity contribution >= 4 is 15.9 Å². The zero-order valence-electron chi connectivity index (χ0n) is 19.3. The summed E-state index contributed by atoms with van der Waals surface area (Å²) < 4.78 is 32.9. The van der Waals surface area contributed by atoms with Gasteiger partial charge in [0.1, 0.15) is 5.75 Å². The molecule has 0 N–H and O–H groups in total. The molecule has 0 spiro atoms. The van der Waals surface area contributed by atoms with Gasteiger partial charge in [-0.3, -0.25) is 9.69 Å². The van der Waals surface area contributed by atoms with Crippen LogP contribution in [-0.4, -0.2) is 79.8 Å². The summed E-state index contributed by atoms with van der Waals surface area (Å²) in [5.41, 5.74) is 0.111. The number of piperidine rings is 1. The van der Waals surface area contributed by atoms with Crippen LogP contribution in [0.25, 0.3) is 0 Å². The summed E-state index contributed by atoms with van der Waals surface area (Å²) in [5.74, 6) is 0.759. The van der Waals surface area contributed by atoms with Crippen LogP contribution in [-0.2, 0) is 14.8 Å². The van der Waals surface area contributed by atoms with Gasteiger partial charge >= 0.3 is 0 Å². The van der Waals surface area contributed by atoms with Crippen molar-refractivity contribution in [2.45, 2.75) is 57.4 Å². The Kier molecular flexibility index (Phi) is 7.65. The highest BCUT2D eigenvalue weighted by Crippen LogP contribution is 2.27. The molecule has 2 saturated heterocycles. The number of hydrogen-bond acceptors (Lipinski definition) is 5. The van der Waals surface area contributed by atoms with E-state index in [9.17, 15) is 13.2 Å². The van der Waals surface area contributed by atoms with E-state index in [1.54, 1.807) is 24.3 Å². The maximum Gasteiger partial charge on any atom is 0.243 e. The van der Waals surface area contributed by atoms with Crippen LogP contribution in [0.3, 0.4) is 0 Å². The molecule has 2 fully saturated rings. The molecule has 2 aliphatic rings. The second-order valence-corrected chi connectivity index (χ2v) is 11.4. The molecule has 7 nitrogen and oxygen atoms in total. The standard InChI is InChI=1S/C23H37N3O4S/c1-5-30-20-7-9-21(10-8-20)31(28,29)26-15-11-19(12-16-26)22(27)24-13-6-14-25(18-17-24)23(2,3)4/h7-10,19H,5-6,11-18H2,1-4H3. The molecule has 1 aromatic carbocycles. The third-order valence-corrected chi connectivity index (χ3v) is 8.24. The fourth-order valence-corrected chi connectivity index (χ4v) is 5.90. The van der Waals surface area contributed by atoms with E-state index < -0.39 is 10.0 Å². The normalized spacial score (nSPS) is 20.5. The van der Waals surface area contributed by atoms with Gasteiger partial charge < -0.3 is 9.64 Å². The van der Waals surface area contributed by atoms with Crippen molar-refractivity contribution < 1.29 is 17.9 Å². The molecule has 2 aliphatic heterocycles. The van der Waals surface area contributed by atoms with Gasteiger partial charge in [0.15, 0.2) is 0 Å². The van der Waals surface area contributed by atoms with E-state index >= 15 is 0 Å². The van der Waals surface area contributed by atoms with Crippen molar-refractivity contribution in [2.75, 3.05) is 45.9 Å². The maximum absolute atomic E-state index is 13.1. The minimum absolute atomic E-state index is 0.0898. The van der Waals surface area contributed by atoms with E-state index in [1.165, 1.54) is 4.31 Å². The molecule has 1 amide bonds. The van der Waals surface area contributed by atoms with Crippen LogP contribution in [0.1, 0.15) is 47.0 Å². The van der Waals surface area contributed by atoms with Crippen molar-refractivity contribution in [1.29, 1.82) is 0 Å². The van der Waals surface area contributed by atoms with Gasteiger partial charge in [-0.05, 0) is 71.2 Å². The molecule has 0 unspecified atom stereocenters. The van der Waals surface area contributed by atoms with E-state index in [2.05, 4.69) is 25.7 Å². The van der Waals surface area contributed by atoms with Crippen molar-refractivity contribution in [1.82, 2.24) is 14.1 Å². The minimum atomic E-state index is -3.55. The van der Waals surface area contributed by atoms with Gasteiger partial charge in [0.25, 0.3) is 0 Å². The maximum atomic E-state index is 13.1. The number of nitrogens with zero attached hydrogens (tertiary/aromatic N) is 3. The third-order valence-electron chi connectivity index (χ3n) is 6.33. The minimum Gasteiger partial charge on any atom is -0.494 e. The number of hydrogen-bond donors (Lipinski definition) is 0. The summed E-state index contributed by atoms with van der Waals surface area (Å²) in [4.78, 5) is 17.8. The Hall–Kier alpha value is -1.64. The van der Waals surface area contributed by atoms with Crippen LogP contribution < -0.4 is 4.74 Å². The zero-order valence-corrected chi connectivity index (χ0v) is 20.2. The molecule has 0 radical (unpaired) electrons. The number of carbonyl (C=O) groups is 1. The van der Waals surface area contributed by atoms with Gasteiger partial charge in [0, 0.05) is 50.7 Å². The highest BCUT2D eigenvalue weighted by atomic mass is 32.2. The topological polar surface area (TPSA) is 70.2 Å². The molecule has 0 aromatic heterocycles. The van der Waals surface area contributed by atoms with Crippen molar-refractivity contribution in [3.63, 3.8) is 0 Å². The van der Waals surface area contributed by atoms with Gasteiger partial charge in [-0.1, -0.05) is 0 Å². The highest BCUT2D eigenvalue weighted by Gasteiger charge is 2.35. The van der Waals surface area contributed by atoms with Crippen LogP contribution in [0.5, 0.6) is 5.75 Å². The molecule has 1 aromatic rings. The quantitative estimate of drug-likeness (QED) is 0.689. The molecule has 8 heteroatoms. The number of benzene rings is 1. The Morgan fingerprint density at radius 3 is 2.23 bits per heavy atom. The molecule has 0 aliphatic carbocycles. The molecular weight excluding hydrogens is 414 g/mol. The Morgan fingerprint density at radius 1 is 1.00 bits per heavy atom. The molecule has 0 saturated carbocycles. The monoisotopic (exact) mass is 451 g/mol. The van der Waals surface area contributed by atoms with Crippen molar-refractivity contribution in [3.8, 4) is 5.75 Å². The van der Waals surface area contributed by atoms with Crippen LogP contribution in [0.15, 0.2) is 29.2 Å². The molecule has 2 heterocycles. The molecule has 31 heavy (non-hydrogen) atoms. The number of sulfonamides is 1. The Morgan fingerprint density at radius 2 is 1.65 bits per heavy atom.